The second-order valence-electron chi connectivity index (χ2n) is 5.30. The Hall–Kier alpha value is -2.09. The summed E-state index contributed by atoms with van der Waals surface area (Å²) in [6.45, 7) is 0.422. The van der Waals surface area contributed by atoms with Gasteiger partial charge in [-0.2, -0.15) is 13.2 Å². The molecule has 1 aromatic carbocycles. The van der Waals surface area contributed by atoms with Crippen molar-refractivity contribution in [2.24, 2.45) is 5.92 Å². The van der Waals surface area contributed by atoms with Crippen LogP contribution in [-0.2, 0) is 20.5 Å². The molecule has 1 heterocycles. The molecular weight excluding hydrogens is 315 g/mol. The highest BCUT2D eigenvalue weighted by atomic mass is 19.4. The molecular formula is C15H15F3NO4-. The maximum Gasteiger partial charge on any atom is 0.416 e. The van der Waals surface area contributed by atoms with Crippen LogP contribution in [0.25, 0.3) is 0 Å². The lowest BCUT2D eigenvalue weighted by atomic mass is 9.95. The molecule has 0 saturated carbocycles. The van der Waals surface area contributed by atoms with E-state index in [1.54, 1.807) is 0 Å². The Bertz CT molecular complexity index is 582. The average molecular weight is 330 g/mol. The molecule has 126 valence electrons. The second kappa shape index (κ2) is 6.99. The molecule has 0 aromatic heterocycles. The van der Waals surface area contributed by atoms with Gasteiger partial charge in [0, 0.05) is 24.7 Å². The van der Waals surface area contributed by atoms with Crippen LogP contribution in [0.15, 0.2) is 24.3 Å². The van der Waals surface area contributed by atoms with Gasteiger partial charge in [-0.3, -0.25) is 4.79 Å². The summed E-state index contributed by atoms with van der Waals surface area (Å²) >= 11 is 0. The lowest BCUT2D eigenvalue weighted by molar-refractivity contribution is -0.307. The minimum Gasteiger partial charge on any atom is -0.550 e. The van der Waals surface area contributed by atoms with E-state index >= 15 is 0 Å². The van der Waals surface area contributed by atoms with Crippen LogP contribution >= 0.6 is 0 Å². The Kier molecular flexibility index (Phi) is 5.25. The number of aliphatic carboxylic acids is 1. The highest BCUT2D eigenvalue weighted by molar-refractivity contribution is 5.94. The van der Waals surface area contributed by atoms with Crippen molar-refractivity contribution < 1.29 is 32.6 Å². The Morgan fingerprint density at radius 2 is 2.13 bits per heavy atom. The minimum absolute atomic E-state index is 0.0498. The lowest BCUT2D eigenvalue weighted by Gasteiger charge is -2.22. The number of alkyl halides is 3. The second-order valence-corrected chi connectivity index (χ2v) is 5.30. The number of halogens is 3. The first kappa shape index (κ1) is 17.3. The number of carbonyl (C=O) groups is 2. The predicted octanol–water partition coefficient (Wildman–Crippen LogP) is 1.58. The zero-order valence-corrected chi connectivity index (χ0v) is 12.1. The highest BCUT2D eigenvalue weighted by Crippen LogP contribution is 2.31. The SMILES string of the molecule is O=C([O-])C[C@H](C(=O)Nc1cccc(C(F)(F)F)c1)[C@@H]1CCCO1. The normalized spacial score (nSPS) is 19.3. The summed E-state index contributed by atoms with van der Waals surface area (Å²) in [7, 11) is 0. The number of amides is 1. The van der Waals surface area contributed by atoms with Gasteiger partial charge in [0.2, 0.25) is 5.91 Å². The molecule has 0 aliphatic carbocycles. The molecule has 0 unspecified atom stereocenters. The number of ether oxygens (including phenoxy) is 1. The van der Waals surface area contributed by atoms with Crippen molar-refractivity contribution in [1.29, 1.82) is 0 Å². The number of benzene rings is 1. The lowest BCUT2D eigenvalue weighted by Crippen LogP contribution is -2.38. The van der Waals surface area contributed by atoms with Crippen molar-refractivity contribution in [2.45, 2.75) is 31.5 Å². The van der Waals surface area contributed by atoms with Crippen LogP contribution in [0, 0.1) is 5.92 Å². The van der Waals surface area contributed by atoms with Crippen LogP contribution in [0.3, 0.4) is 0 Å². The van der Waals surface area contributed by atoms with Gasteiger partial charge in [-0.05, 0) is 31.0 Å². The van der Waals surface area contributed by atoms with Crippen molar-refractivity contribution in [3.05, 3.63) is 29.8 Å². The van der Waals surface area contributed by atoms with Crippen LogP contribution in [0.5, 0.6) is 0 Å². The van der Waals surface area contributed by atoms with Gasteiger partial charge < -0.3 is 20.0 Å². The number of carboxylic acids is 1. The molecule has 0 radical (unpaired) electrons. The first-order chi connectivity index (χ1) is 10.8. The minimum atomic E-state index is -4.53. The van der Waals surface area contributed by atoms with Gasteiger partial charge in [-0.25, -0.2) is 0 Å². The van der Waals surface area contributed by atoms with E-state index in [1.165, 1.54) is 6.07 Å². The molecule has 8 heteroatoms. The average Bonchev–Trinajstić information content (AvgIpc) is 2.97. The first-order valence-corrected chi connectivity index (χ1v) is 7.07. The number of hydrogen-bond donors (Lipinski definition) is 1. The van der Waals surface area contributed by atoms with E-state index in [0.29, 0.717) is 19.4 Å². The monoisotopic (exact) mass is 330 g/mol. The largest absolute Gasteiger partial charge is 0.550 e. The standard InChI is InChI=1S/C15H16F3NO4/c16-15(17,18)9-3-1-4-10(7-9)19-14(22)11(8-13(20)21)12-5-2-6-23-12/h1,3-4,7,11-12H,2,5-6,8H2,(H,19,22)(H,20,21)/p-1/t11-,12-/m0/s1. The van der Waals surface area contributed by atoms with Gasteiger partial charge in [0.1, 0.15) is 0 Å². The topological polar surface area (TPSA) is 78.5 Å². The summed E-state index contributed by atoms with van der Waals surface area (Å²) in [5.74, 6) is -3.11. The Morgan fingerprint density at radius 1 is 1.39 bits per heavy atom. The molecule has 1 N–H and O–H groups in total. The molecule has 2 rings (SSSR count). The molecule has 1 fully saturated rings. The van der Waals surface area contributed by atoms with Crippen LogP contribution in [-0.4, -0.2) is 24.6 Å². The Morgan fingerprint density at radius 3 is 2.70 bits per heavy atom. The number of hydrogen-bond acceptors (Lipinski definition) is 4. The summed E-state index contributed by atoms with van der Waals surface area (Å²) in [6.07, 6.45) is -4.42. The van der Waals surface area contributed by atoms with Crippen molar-refractivity contribution in [3.63, 3.8) is 0 Å². The molecule has 1 saturated heterocycles. The maximum absolute atomic E-state index is 12.7. The fourth-order valence-corrected chi connectivity index (χ4v) is 2.50. The van der Waals surface area contributed by atoms with Gasteiger partial charge in [0.05, 0.1) is 17.6 Å². The van der Waals surface area contributed by atoms with Gasteiger partial charge in [0.25, 0.3) is 0 Å². The first-order valence-electron chi connectivity index (χ1n) is 7.07. The van der Waals surface area contributed by atoms with Gasteiger partial charge in [-0.15, -0.1) is 0 Å². The van der Waals surface area contributed by atoms with Crippen LogP contribution in [0.1, 0.15) is 24.8 Å². The third-order valence-corrected chi connectivity index (χ3v) is 3.59. The van der Waals surface area contributed by atoms with Crippen LogP contribution < -0.4 is 10.4 Å². The fraction of sp³-hybridized carbons (Fsp3) is 0.467. The van der Waals surface area contributed by atoms with Crippen molar-refractivity contribution >= 4 is 17.6 Å². The van der Waals surface area contributed by atoms with E-state index in [2.05, 4.69) is 5.32 Å². The Balaban J connectivity index is 2.13. The van der Waals surface area contributed by atoms with E-state index in [9.17, 15) is 27.9 Å². The van der Waals surface area contributed by atoms with E-state index in [1.807, 2.05) is 0 Å². The zero-order valence-electron chi connectivity index (χ0n) is 12.1. The summed E-state index contributed by atoms with van der Waals surface area (Å²) in [5.41, 5.74) is -0.949. The number of anilines is 1. The van der Waals surface area contributed by atoms with Crippen molar-refractivity contribution in [2.75, 3.05) is 11.9 Å². The molecule has 1 aliphatic heterocycles. The predicted molar refractivity (Wildman–Crippen MR) is 72.2 cm³/mol. The number of carboxylic acid groups (broad SMARTS) is 1. The van der Waals surface area contributed by atoms with Gasteiger partial charge in [0.15, 0.2) is 0 Å². The molecule has 2 atom stereocenters. The molecule has 5 nitrogen and oxygen atoms in total. The van der Waals surface area contributed by atoms with Crippen LogP contribution in [0.2, 0.25) is 0 Å². The van der Waals surface area contributed by atoms with Crippen LogP contribution in [0.4, 0.5) is 18.9 Å². The number of nitrogens with one attached hydrogen (secondary N) is 1. The molecule has 1 aliphatic rings. The van der Waals surface area contributed by atoms with E-state index in [-0.39, 0.29) is 5.69 Å². The van der Waals surface area contributed by atoms with E-state index < -0.39 is 42.1 Å². The quantitative estimate of drug-likeness (QED) is 0.889. The number of rotatable bonds is 5. The van der Waals surface area contributed by atoms with Crippen molar-refractivity contribution in [3.8, 4) is 0 Å². The molecule has 23 heavy (non-hydrogen) atoms. The summed E-state index contributed by atoms with van der Waals surface area (Å²) in [4.78, 5) is 23.0. The zero-order chi connectivity index (χ0) is 17.0. The smallest absolute Gasteiger partial charge is 0.416 e. The number of carbonyl (C=O) groups excluding carboxylic acids is 2. The van der Waals surface area contributed by atoms with Crippen molar-refractivity contribution in [1.82, 2.24) is 0 Å². The molecule has 0 spiro atoms. The molecule has 1 aromatic rings. The maximum atomic E-state index is 12.7. The summed E-state index contributed by atoms with van der Waals surface area (Å²) in [5, 5.41) is 13.1. The third kappa shape index (κ3) is 4.69. The van der Waals surface area contributed by atoms with E-state index in [0.717, 1.165) is 18.2 Å². The van der Waals surface area contributed by atoms with E-state index in [4.69, 9.17) is 4.74 Å². The summed E-state index contributed by atoms with van der Waals surface area (Å²) in [6, 6.07) is 4.15. The third-order valence-electron chi connectivity index (χ3n) is 3.59. The molecule has 0 bridgehead atoms. The molecule has 1 amide bonds. The van der Waals surface area contributed by atoms with Gasteiger partial charge in [-0.1, -0.05) is 6.07 Å². The highest BCUT2D eigenvalue weighted by Gasteiger charge is 2.33. The fourth-order valence-electron chi connectivity index (χ4n) is 2.50. The Labute approximate surface area is 130 Å². The van der Waals surface area contributed by atoms with Gasteiger partial charge >= 0.3 is 6.18 Å². The summed E-state index contributed by atoms with van der Waals surface area (Å²) < 4.78 is 43.3.